The highest BCUT2D eigenvalue weighted by molar-refractivity contribution is 6.51. The van der Waals surface area contributed by atoms with Crippen LogP contribution in [0.4, 0.5) is 0 Å². The van der Waals surface area contributed by atoms with Crippen LogP contribution in [0.2, 0.25) is 0 Å². The van der Waals surface area contributed by atoms with Gasteiger partial charge in [-0.15, -0.1) is 6.42 Å². The van der Waals surface area contributed by atoms with Gasteiger partial charge in [-0.2, -0.15) is 0 Å². The third kappa shape index (κ3) is 4.82. The van der Waals surface area contributed by atoms with Gasteiger partial charge >= 0.3 is 7.12 Å². The Hall–Kier alpha value is -2.85. The minimum Gasteiger partial charge on any atom is -0.423 e. The predicted molar refractivity (Wildman–Crippen MR) is 120 cm³/mol. The molecule has 1 amide bonds. The third-order valence-corrected chi connectivity index (χ3v) is 5.71. The number of terminal acetylenes is 1. The molecule has 5 nitrogen and oxygen atoms in total. The maximum atomic E-state index is 13.3. The number of carbonyl (C=O) groups is 1. The molecule has 0 aliphatic carbocycles. The van der Waals surface area contributed by atoms with Crippen molar-refractivity contribution in [3.8, 4) is 12.3 Å². The van der Waals surface area contributed by atoms with Crippen LogP contribution >= 0.6 is 0 Å². The number of allylic oxidation sites excluding steroid dienone is 1. The van der Waals surface area contributed by atoms with Crippen LogP contribution in [0, 0.1) is 12.3 Å². The van der Waals surface area contributed by atoms with Crippen LogP contribution in [0.1, 0.15) is 58.3 Å². The molecule has 0 spiro atoms. The Morgan fingerprint density at radius 1 is 1.27 bits per heavy atom. The number of benzene rings is 2. The zero-order valence-electron chi connectivity index (χ0n) is 17.2. The molecule has 0 unspecified atom stereocenters. The standard InChI is InChI=1S/C24H27BN2O3/c1-3-19-7-5-9-22(23(19)14-17(2)25(29)30)24(28)27-12-10-20(11-13-27)21-8-4-6-18(15-21)16-26/h1,4-9,14-15,20,29-30H,10-13,16,26H2,2H3/b17-14+. The molecule has 3 rings (SSSR count). The average Bonchev–Trinajstić information content (AvgIpc) is 2.78. The average molecular weight is 402 g/mol. The van der Waals surface area contributed by atoms with Crippen LogP contribution in [0.5, 0.6) is 0 Å². The molecule has 1 heterocycles. The summed E-state index contributed by atoms with van der Waals surface area (Å²) in [7, 11) is -1.60. The van der Waals surface area contributed by atoms with Crippen LogP contribution in [-0.2, 0) is 6.54 Å². The lowest BCUT2D eigenvalue weighted by Gasteiger charge is -2.33. The number of hydrogen-bond acceptors (Lipinski definition) is 4. The lowest BCUT2D eigenvalue weighted by molar-refractivity contribution is 0.0712. The summed E-state index contributed by atoms with van der Waals surface area (Å²) in [5.41, 5.74) is 10.1. The van der Waals surface area contributed by atoms with Gasteiger partial charge in [-0.25, -0.2) is 0 Å². The van der Waals surface area contributed by atoms with E-state index in [-0.39, 0.29) is 5.91 Å². The molecular formula is C24H27BN2O3. The molecule has 0 saturated carbocycles. The van der Waals surface area contributed by atoms with Crippen molar-refractivity contribution in [1.82, 2.24) is 4.90 Å². The van der Waals surface area contributed by atoms with E-state index in [4.69, 9.17) is 12.2 Å². The van der Waals surface area contributed by atoms with E-state index in [0.717, 1.165) is 18.4 Å². The fraction of sp³-hybridized carbons (Fsp3) is 0.292. The Morgan fingerprint density at radius 2 is 1.97 bits per heavy atom. The first-order valence-corrected chi connectivity index (χ1v) is 10.2. The summed E-state index contributed by atoms with van der Waals surface area (Å²) in [4.78, 5) is 15.1. The van der Waals surface area contributed by atoms with Crippen LogP contribution in [0.25, 0.3) is 6.08 Å². The molecule has 0 bridgehead atoms. The predicted octanol–water partition coefficient (Wildman–Crippen LogP) is 2.56. The molecular weight excluding hydrogens is 375 g/mol. The van der Waals surface area contributed by atoms with Crippen molar-refractivity contribution in [2.75, 3.05) is 13.1 Å². The Bertz CT molecular complexity index is 986. The molecule has 0 atom stereocenters. The summed E-state index contributed by atoms with van der Waals surface area (Å²) in [5.74, 6) is 2.90. The molecule has 0 radical (unpaired) electrons. The van der Waals surface area contributed by atoms with Gasteiger partial charge in [0.25, 0.3) is 5.91 Å². The van der Waals surface area contributed by atoms with Gasteiger partial charge in [-0.05, 0) is 54.4 Å². The van der Waals surface area contributed by atoms with Gasteiger partial charge in [-0.1, -0.05) is 42.3 Å². The van der Waals surface area contributed by atoms with E-state index in [1.54, 1.807) is 31.2 Å². The number of nitrogens with two attached hydrogens (primary N) is 1. The maximum absolute atomic E-state index is 13.3. The molecule has 1 saturated heterocycles. The van der Waals surface area contributed by atoms with Crippen molar-refractivity contribution < 1.29 is 14.8 Å². The summed E-state index contributed by atoms with van der Waals surface area (Å²) in [6, 6.07) is 13.6. The zero-order valence-corrected chi connectivity index (χ0v) is 17.2. The highest BCUT2D eigenvalue weighted by atomic mass is 16.4. The Morgan fingerprint density at radius 3 is 2.60 bits per heavy atom. The largest absolute Gasteiger partial charge is 0.483 e. The second-order valence-corrected chi connectivity index (χ2v) is 7.69. The van der Waals surface area contributed by atoms with E-state index in [1.165, 1.54) is 5.56 Å². The molecule has 1 fully saturated rings. The van der Waals surface area contributed by atoms with Crippen molar-refractivity contribution in [1.29, 1.82) is 0 Å². The SMILES string of the molecule is C#Cc1cccc(C(=O)N2CCC(c3cccc(CN)c3)CC2)c1/C=C(\C)B(O)O. The molecule has 1 aliphatic rings. The van der Waals surface area contributed by atoms with E-state index in [9.17, 15) is 14.8 Å². The summed E-state index contributed by atoms with van der Waals surface area (Å²) < 4.78 is 0. The smallest absolute Gasteiger partial charge is 0.423 e. The van der Waals surface area contributed by atoms with E-state index >= 15 is 0 Å². The number of amides is 1. The monoisotopic (exact) mass is 402 g/mol. The van der Waals surface area contributed by atoms with Crippen molar-refractivity contribution in [3.05, 3.63) is 75.8 Å². The maximum Gasteiger partial charge on any atom is 0.483 e. The van der Waals surface area contributed by atoms with Gasteiger partial charge < -0.3 is 20.7 Å². The second kappa shape index (κ2) is 9.77. The summed E-state index contributed by atoms with van der Waals surface area (Å²) >= 11 is 0. The van der Waals surface area contributed by atoms with Crippen molar-refractivity contribution in [2.24, 2.45) is 5.73 Å². The molecule has 4 N–H and O–H groups in total. The number of piperidine rings is 1. The van der Waals surface area contributed by atoms with Gasteiger partial charge in [0, 0.05) is 36.3 Å². The molecule has 2 aromatic rings. The van der Waals surface area contributed by atoms with Crippen molar-refractivity contribution in [3.63, 3.8) is 0 Å². The van der Waals surface area contributed by atoms with E-state index in [0.29, 0.717) is 47.7 Å². The van der Waals surface area contributed by atoms with Crippen LogP contribution < -0.4 is 5.73 Å². The second-order valence-electron chi connectivity index (χ2n) is 7.69. The zero-order chi connectivity index (χ0) is 21.7. The Labute approximate surface area is 178 Å². The van der Waals surface area contributed by atoms with Gasteiger partial charge in [0.05, 0.1) is 0 Å². The molecule has 30 heavy (non-hydrogen) atoms. The summed E-state index contributed by atoms with van der Waals surface area (Å²) in [6.45, 7) is 3.42. The molecule has 154 valence electrons. The number of carbonyl (C=O) groups excluding carboxylic acids is 1. The van der Waals surface area contributed by atoms with Crippen LogP contribution in [0.15, 0.2) is 47.9 Å². The van der Waals surface area contributed by atoms with E-state index in [2.05, 4.69) is 18.1 Å². The fourth-order valence-electron chi connectivity index (χ4n) is 3.90. The van der Waals surface area contributed by atoms with E-state index < -0.39 is 7.12 Å². The Kier molecular flexibility index (Phi) is 7.12. The molecule has 1 aliphatic heterocycles. The first kappa shape index (κ1) is 21.9. The van der Waals surface area contributed by atoms with Gasteiger partial charge in [0.1, 0.15) is 0 Å². The number of hydrogen-bond donors (Lipinski definition) is 3. The first-order valence-electron chi connectivity index (χ1n) is 10.2. The molecule has 0 aromatic heterocycles. The van der Waals surface area contributed by atoms with Gasteiger partial charge in [0.15, 0.2) is 0 Å². The lowest BCUT2D eigenvalue weighted by atomic mass is 9.79. The molecule has 2 aromatic carbocycles. The number of likely N-dealkylation sites (tertiary alicyclic amines) is 1. The van der Waals surface area contributed by atoms with Crippen molar-refractivity contribution >= 4 is 19.1 Å². The minimum atomic E-state index is -1.60. The minimum absolute atomic E-state index is 0.0901. The third-order valence-electron chi connectivity index (χ3n) is 5.71. The Balaban J connectivity index is 1.80. The van der Waals surface area contributed by atoms with Crippen LogP contribution in [-0.4, -0.2) is 41.1 Å². The first-order chi connectivity index (χ1) is 14.4. The van der Waals surface area contributed by atoms with Crippen molar-refractivity contribution in [2.45, 2.75) is 32.2 Å². The number of nitrogens with zero attached hydrogens (tertiary/aromatic N) is 1. The highest BCUT2D eigenvalue weighted by Crippen LogP contribution is 2.30. The van der Waals surface area contributed by atoms with Crippen LogP contribution in [0.3, 0.4) is 0 Å². The quantitative estimate of drug-likeness (QED) is 0.530. The topological polar surface area (TPSA) is 86.8 Å². The van der Waals surface area contributed by atoms with Gasteiger partial charge in [0.2, 0.25) is 0 Å². The normalized spacial score (nSPS) is 15.0. The lowest BCUT2D eigenvalue weighted by Crippen LogP contribution is -2.38. The summed E-state index contributed by atoms with van der Waals surface area (Å²) in [5, 5.41) is 18.9. The molecule has 6 heteroatoms. The number of rotatable bonds is 5. The highest BCUT2D eigenvalue weighted by Gasteiger charge is 2.26. The van der Waals surface area contributed by atoms with Gasteiger partial charge in [-0.3, -0.25) is 4.79 Å². The fourth-order valence-corrected chi connectivity index (χ4v) is 3.90. The van der Waals surface area contributed by atoms with E-state index in [1.807, 2.05) is 17.0 Å². The summed E-state index contributed by atoms with van der Waals surface area (Å²) in [6.07, 6.45) is 8.97.